The first-order chi connectivity index (χ1) is 7.15. The minimum atomic E-state index is 0.356. The second kappa shape index (κ2) is 5.71. The smallest absolute Gasteiger partial charge is 0.0747 e. The molecule has 3 heteroatoms. The molecule has 0 bridgehead atoms. The van der Waals surface area contributed by atoms with Crippen LogP contribution in [0.3, 0.4) is 0 Å². The summed E-state index contributed by atoms with van der Waals surface area (Å²) in [7, 11) is 0. The van der Waals surface area contributed by atoms with E-state index in [1.807, 2.05) is 18.2 Å². The van der Waals surface area contributed by atoms with Crippen LogP contribution in [0.15, 0.2) is 30.3 Å². The Labute approximate surface area is 97.1 Å². The maximum Gasteiger partial charge on any atom is 0.0747 e. The summed E-state index contributed by atoms with van der Waals surface area (Å²) in [5.41, 5.74) is 6.79. The molecule has 0 spiro atoms. The van der Waals surface area contributed by atoms with Gasteiger partial charge in [-0.1, -0.05) is 30.4 Å². The fourth-order valence-electron chi connectivity index (χ4n) is 1.77. The summed E-state index contributed by atoms with van der Waals surface area (Å²) in [5.74, 6) is 0. The first-order valence-electron chi connectivity index (χ1n) is 5.25. The van der Waals surface area contributed by atoms with Gasteiger partial charge >= 0.3 is 0 Å². The lowest BCUT2D eigenvalue weighted by Gasteiger charge is -2.30. The van der Waals surface area contributed by atoms with Gasteiger partial charge in [0.25, 0.3) is 0 Å². The molecule has 1 unspecified atom stereocenters. The van der Waals surface area contributed by atoms with E-state index in [0.29, 0.717) is 11.0 Å². The second-order valence-corrected chi connectivity index (χ2v) is 4.17. The Kier molecular flexibility index (Phi) is 4.56. The van der Waals surface area contributed by atoms with E-state index in [9.17, 15) is 0 Å². The quantitative estimate of drug-likeness (QED) is 0.776. The van der Waals surface area contributed by atoms with Crippen molar-refractivity contribution in [3.63, 3.8) is 0 Å². The van der Waals surface area contributed by atoms with Crippen LogP contribution in [0.5, 0.6) is 0 Å². The number of rotatable bonds is 5. The Morgan fingerprint density at radius 1 is 1.40 bits per heavy atom. The van der Waals surface area contributed by atoms with Crippen LogP contribution in [0.2, 0.25) is 0 Å². The monoisotopic (exact) mass is 222 g/mol. The van der Waals surface area contributed by atoms with Crippen LogP contribution in [-0.2, 0) is 0 Å². The number of hydrogen-bond donors (Lipinski definition) is 1. The third-order valence-electron chi connectivity index (χ3n) is 2.46. The van der Waals surface area contributed by atoms with Crippen LogP contribution < -0.4 is 10.6 Å². The molecule has 0 saturated heterocycles. The molecular formula is C12H18N2S. The maximum absolute atomic E-state index is 5.57. The summed E-state index contributed by atoms with van der Waals surface area (Å²) in [6.45, 7) is 5.26. The van der Waals surface area contributed by atoms with Gasteiger partial charge in [-0.25, -0.2) is 0 Å². The van der Waals surface area contributed by atoms with Gasteiger partial charge < -0.3 is 10.6 Å². The molecule has 0 heterocycles. The highest BCUT2D eigenvalue weighted by atomic mass is 32.1. The minimum Gasteiger partial charge on any atom is -0.393 e. The van der Waals surface area contributed by atoms with Crippen LogP contribution >= 0.6 is 12.2 Å². The van der Waals surface area contributed by atoms with Gasteiger partial charge in [0.05, 0.1) is 4.99 Å². The summed E-state index contributed by atoms with van der Waals surface area (Å²) >= 11 is 4.94. The van der Waals surface area contributed by atoms with E-state index >= 15 is 0 Å². The molecule has 82 valence electrons. The molecular weight excluding hydrogens is 204 g/mol. The number of thiocarbonyl (C=S) groups is 1. The highest BCUT2D eigenvalue weighted by Crippen LogP contribution is 2.17. The van der Waals surface area contributed by atoms with E-state index in [1.165, 1.54) is 5.69 Å². The fourth-order valence-corrected chi connectivity index (χ4v) is 2.01. The molecule has 1 rings (SSSR count). The average molecular weight is 222 g/mol. The Morgan fingerprint density at radius 3 is 2.47 bits per heavy atom. The molecule has 0 aliphatic carbocycles. The van der Waals surface area contributed by atoms with Crippen molar-refractivity contribution >= 4 is 22.9 Å². The Morgan fingerprint density at radius 2 is 2.00 bits per heavy atom. The number of nitrogens with two attached hydrogens (primary N) is 1. The van der Waals surface area contributed by atoms with Crippen molar-refractivity contribution in [1.82, 2.24) is 0 Å². The molecule has 0 radical (unpaired) electrons. The molecule has 0 saturated carbocycles. The number of hydrogen-bond acceptors (Lipinski definition) is 2. The zero-order chi connectivity index (χ0) is 11.3. The van der Waals surface area contributed by atoms with Crippen molar-refractivity contribution in [2.45, 2.75) is 26.3 Å². The molecule has 0 fully saturated rings. The first-order valence-corrected chi connectivity index (χ1v) is 5.66. The summed E-state index contributed by atoms with van der Waals surface area (Å²) in [4.78, 5) is 2.89. The molecule has 2 N–H and O–H groups in total. The third kappa shape index (κ3) is 3.51. The van der Waals surface area contributed by atoms with Gasteiger partial charge in [-0.15, -0.1) is 0 Å². The Hall–Kier alpha value is -1.09. The zero-order valence-electron chi connectivity index (χ0n) is 9.31. The number of nitrogens with zero attached hydrogens (tertiary/aromatic N) is 1. The number of anilines is 1. The first kappa shape index (κ1) is 12.0. The summed E-state index contributed by atoms with van der Waals surface area (Å²) in [6.07, 6.45) is 0.762. The van der Waals surface area contributed by atoms with Crippen LogP contribution in [0.25, 0.3) is 0 Å². The fraction of sp³-hybridized carbons (Fsp3) is 0.417. The topological polar surface area (TPSA) is 29.3 Å². The van der Waals surface area contributed by atoms with Crippen LogP contribution in [0.4, 0.5) is 5.69 Å². The Balaban J connectivity index is 2.75. The van der Waals surface area contributed by atoms with Crippen molar-refractivity contribution < 1.29 is 0 Å². The summed E-state index contributed by atoms with van der Waals surface area (Å²) in [6, 6.07) is 10.7. The van der Waals surface area contributed by atoms with Crippen LogP contribution in [0.1, 0.15) is 20.3 Å². The molecule has 1 aromatic carbocycles. The molecule has 15 heavy (non-hydrogen) atoms. The van der Waals surface area contributed by atoms with E-state index in [2.05, 4.69) is 30.9 Å². The van der Waals surface area contributed by atoms with Gasteiger partial charge in [-0.3, -0.25) is 0 Å². The average Bonchev–Trinajstić information content (AvgIpc) is 2.19. The van der Waals surface area contributed by atoms with E-state index in [-0.39, 0.29) is 0 Å². The predicted molar refractivity (Wildman–Crippen MR) is 70.3 cm³/mol. The molecule has 0 amide bonds. The number of benzene rings is 1. The Bertz CT molecular complexity index is 311. The zero-order valence-corrected chi connectivity index (χ0v) is 10.1. The van der Waals surface area contributed by atoms with E-state index in [4.69, 9.17) is 18.0 Å². The van der Waals surface area contributed by atoms with Crippen LogP contribution in [-0.4, -0.2) is 17.6 Å². The van der Waals surface area contributed by atoms with Gasteiger partial charge in [-0.05, 0) is 26.0 Å². The number of para-hydroxylation sites is 1. The van der Waals surface area contributed by atoms with Gasteiger partial charge in [0.15, 0.2) is 0 Å². The largest absolute Gasteiger partial charge is 0.393 e. The van der Waals surface area contributed by atoms with Crippen molar-refractivity contribution in [2.24, 2.45) is 5.73 Å². The lowest BCUT2D eigenvalue weighted by Crippen LogP contribution is -2.35. The second-order valence-electron chi connectivity index (χ2n) is 3.64. The van der Waals surface area contributed by atoms with E-state index < -0.39 is 0 Å². The normalized spacial score (nSPS) is 12.1. The maximum atomic E-state index is 5.57. The van der Waals surface area contributed by atoms with Crippen molar-refractivity contribution in [1.29, 1.82) is 0 Å². The summed E-state index contributed by atoms with van der Waals surface area (Å²) in [5, 5.41) is 0. The van der Waals surface area contributed by atoms with E-state index in [0.717, 1.165) is 13.0 Å². The highest BCUT2D eigenvalue weighted by Gasteiger charge is 2.12. The van der Waals surface area contributed by atoms with Gasteiger partial charge in [0.1, 0.15) is 0 Å². The van der Waals surface area contributed by atoms with Gasteiger partial charge in [0.2, 0.25) is 0 Å². The standard InChI is InChI=1S/C12H18N2S/c1-3-14(10(2)9-12(13)15)11-7-5-4-6-8-11/h4-8,10H,3,9H2,1-2H3,(H2,13,15). The summed E-state index contributed by atoms with van der Waals surface area (Å²) < 4.78 is 0. The van der Waals surface area contributed by atoms with Gasteiger partial charge in [-0.2, -0.15) is 0 Å². The van der Waals surface area contributed by atoms with Gasteiger partial charge in [0, 0.05) is 24.7 Å². The lowest BCUT2D eigenvalue weighted by atomic mass is 10.1. The molecule has 0 aliphatic heterocycles. The third-order valence-corrected chi connectivity index (χ3v) is 2.62. The molecule has 2 nitrogen and oxygen atoms in total. The van der Waals surface area contributed by atoms with Crippen LogP contribution in [0, 0.1) is 0 Å². The molecule has 1 aromatic rings. The molecule has 1 atom stereocenters. The lowest BCUT2D eigenvalue weighted by molar-refractivity contribution is 0.672. The van der Waals surface area contributed by atoms with Crippen molar-refractivity contribution in [2.75, 3.05) is 11.4 Å². The highest BCUT2D eigenvalue weighted by molar-refractivity contribution is 7.80. The SMILES string of the molecule is CCN(c1ccccc1)C(C)CC(N)=S. The molecule has 0 aliphatic rings. The van der Waals surface area contributed by atoms with Crippen molar-refractivity contribution in [3.05, 3.63) is 30.3 Å². The minimum absolute atomic E-state index is 0.356. The van der Waals surface area contributed by atoms with Crippen molar-refractivity contribution in [3.8, 4) is 0 Å². The van der Waals surface area contributed by atoms with E-state index in [1.54, 1.807) is 0 Å². The molecule has 0 aromatic heterocycles. The predicted octanol–water partition coefficient (Wildman–Crippen LogP) is 2.58.